The number of carbonyl (C=O) groups excluding carboxylic acids is 2. The van der Waals surface area contributed by atoms with Crippen molar-refractivity contribution in [3.8, 4) is 0 Å². The predicted molar refractivity (Wildman–Crippen MR) is 94.5 cm³/mol. The second-order valence-corrected chi connectivity index (χ2v) is 7.16. The Morgan fingerprint density at radius 2 is 1.58 bits per heavy atom. The molecule has 4 nitrogen and oxygen atoms in total. The van der Waals surface area contributed by atoms with Gasteiger partial charge in [-0.25, -0.2) is 0 Å². The summed E-state index contributed by atoms with van der Waals surface area (Å²) in [6.45, 7) is 0.195. The van der Waals surface area contributed by atoms with Crippen molar-refractivity contribution < 1.29 is 9.59 Å². The molecule has 1 aromatic carbocycles. The van der Waals surface area contributed by atoms with E-state index in [9.17, 15) is 9.59 Å². The average Bonchev–Trinajstić information content (AvgIpc) is 2.79. The molecule has 1 saturated carbocycles. The van der Waals surface area contributed by atoms with Crippen molar-refractivity contribution in [3.05, 3.63) is 45.6 Å². The van der Waals surface area contributed by atoms with Crippen molar-refractivity contribution >= 4 is 35.0 Å². The lowest BCUT2D eigenvalue weighted by Gasteiger charge is -2.19. The zero-order chi connectivity index (χ0) is 17.1. The summed E-state index contributed by atoms with van der Waals surface area (Å²) in [4.78, 5) is 26.2. The summed E-state index contributed by atoms with van der Waals surface area (Å²) in [5.74, 6) is -0.781. The summed E-state index contributed by atoms with van der Waals surface area (Å²) in [7, 11) is 0. The maximum absolute atomic E-state index is 12.6. The third kappa shape index (κ3) is 3.76. The SMILES string of the molecule is O=C1C(Cl)=C(NC2CCCCCC2)C(=O)N1Cc1ccc(Cl)cc1. The van der Waals surface area contributed by atoms with Crippen molar-refractivity contribution in [2.45, 2.75) is 51.1 Å². The summed E-state index contributed by atoms with van der Waals surface area (Å²) in [5, 5.41) is 3.84. The standard InChI is InChI=1S/C18H20Cl2N2O2/c19-13-9-7-12(8-10-13)11-22-17(23)15(20)16(18(22)24)21-14-5-3-1-2-4-6-14/h7-10,14,21H,1-6,11H2. The van der Waals surface area contributed by atoms with Gasteiger partial charge in [0.2, 0.25) is 0 Å². The molecule has 24 heavy (non-hydrogen) atoms. The van der Waals surface area contributed by atoms with Crippen LogP contribution in [0.5, 0.6) is 0 Å². The fourth-order valence-corrected chi connectivity index (χ4v) is 3.58. The van der Waals surface area contributed by atoms with Crippen LogP contribution in [0.25, 0.3) is 0 Å². The number of rotatable bonds is 4. The summed E-state index contributed by atoms with van der Waals surface area (Å²) >= 11 is 12.0. The zero-order valence-electron chi connectivity index (χ0n) is 13.4. The summed E-state index contributed by atoms with van der Waals surface area (Å²) < 4.78 is 0. The zero-order valence-corrected chi connectivity index (χ0v) is 14.9. The van der Waals surface area contributed by atoms with Gasteiger partial charge in [0.25, 0.3) is 11.8 Å². The maximum atomic E-state index is 12.6. The van der Waals surface area contributed by atoms with Gasteiger partial charge in [0.15, 0.2) is 0 Å². The van der Waals surface area contributed by atoms with E-state index in [2.05, 4.69) is 5.32 Å². The molecule has 1 N–H and O–H groups in total. The van der Waals surface area contributed by atoms with Crippen molar-refractivity contribution in [3.63, 3.8) is 0 Å². The Hall–Kier alpha value is -1.52. The highest BCUT2D eigenvalue weighted by atomic mass is 35.5. The number of nitrogens with one attached hydrogen (secondary N) is 1. The molecule has 0 radical (unpaired) electrons. The van der Waals surface area contributed by atoms with Crippen LogP contribution in [0.1, 0.15) is 44.1 Å². The summed E-state index contributed by atoms with van der Waals surface area (Å²) in [6, 6.07) is 7.29. The van der Waals surface area contributed by atoms with Gasteiger partial charge < -0.3 is 5.32 Å². The van der Waals surface area contributed by atoms with Gasteiger partial charge in [0.1, 0.15) is 10.7 Å². The number of halogens is 2. The fraction of sp³-hybridized carbons (Fsp3) is 0.444. The summed E-state index contributed by atoms with van der Waals surface area (Å²) in [6.07, 6.45) is 6.73. The molecule has 0 atom stereocenters. The van der Waals surface area contributed by atoms with Crippen LogP contribution < -0.4 is 5.32 Å². The number of benzene rings is 1. The van der Waals surface area contributed by atoms with E-state index in [1.165, 1.54) is 17.7 Å². The number of amides is 2. The van der Waals surface area contributed by atoms with E-state index in [4.69, 9.17) is 23.2 Å². The average molecular weight is 367 g/mol. The lowest BCUT2D eigenvalue weighted by atomic mass is 10.1. The smallest absolute Gasteiger partial charge is 0.278 e. The molecule has 0 aromatic heterocycles. The Balaban J connectivity index is 1.70. The minimum atomic E-state index is -0.437. The van der Waals surface area contributed by atoms with Crippen LogP contribution in [0.15, 0.2) is 35.0 Å². The van der Waals surface area contributed by atoms with Crippen LogP contribution >= 0.6 is 23.2 Å². The minimum Gasteiger partial charge on any atom is -0.376 e. The Labute approximate surface area is 151 Å². The second-order valence-electron chi connectivity index (χ2n) is 6.34. The highest BCUT2D eigenvalue weighted by Crippen LogP contribution is 2.27. The number of imide groups is 1. The molecule has 1 aromatic rings. The van der Waals surface area contributed by atoms with E-state index in [1.807, 2.05) is 0 Å². The number of hydrogen-bond acceptors (Lipinski definition) is 3. The summed E-state index contributed by atoms with van der Waals surface area (Å²) in [5.41, 5.74) is 1.09. The number of hydrogen-bond donors (Lipinski definition) is 1. The Kier molecular flexibility index (Phi) is 5.47. The minimum absolute atomic E-state index is 0.00166. The van der Waals surface area contributed by atoms with Crippen LogP contribution in [0.3, 0.4) is 0 Å². The van der Waals surface area contributed by atoms with Crippen LogP contribution in [0.4, 0.5) is 0 Å². The lowest BCUT2D eigenvalue weighted by molar-refractivity contribution is -0.138. The van der Waals surface area contributed by atoms with Crippen LogP contribution in [0, 0.1) is 0 Å². The highest BCUT2D eigenvalue weighted by molar-refractivity contribution is 6.47. The van der Waals surface area contributed by atoms with Gasteiger partial charge in [-0.15, -0.1) is 0 Å². The first-order valence-electron chi connectivity index (χ1n) is 8.33. The normalized spacial score (nSPS) is 19.8. The van der Waals surface area contributed by atoms with Gasteiger partial charge in [-0.3, -0.25) is 14.5 Å². The van der Waals surface area contributed by atoms with Crippen molar-refractivity contribution in [2.24, 2.45) is 0 Å². The molecular weight excluding hydrogens is 347 g/mol. The number of carbonyl (C=O) groups is 2. The van der Waals surface area contributed by atoms with E-state index in [-0.39, 0.29) is 29.2 Å². The van der Waals surface area contributed by atoms with Crippen LogP contribution in [-0.2, 0) is 16.1 Å². The largest absolute Gasteiger partial charge is 0.376 e. The Bertz CT molecular complexity index is 662. The molecule has 6 heteroatoms. The molecular formula is C18H20Cl2N2O2. The quantitative estimate of drug-likeness (QED) is 0.647. The third-order valence-electron chi connectivity index (χ3n) is 4.57. The van der Waals surface area contributed by atoms with E-state index in [0.29, 0.717) is 5.02 Å². The van der Waals surface area contributed by atoms with Gasteiger partial charge in [0.05, 0.1) is 6.54 Å². The first-order chi connectivity index (χ1) is 11.6. The van der Waals surface area contributed by atoms with Gasteiger partial charge in [-0.1, -0.05) is 61.0 Å². The molecule has 2 amide bonds. The van der Waals surface area contributed by atoms with Crippen LogP contribution in [-0.4, -0.2) is 22.8 Å². The lowest BCUT2D eigenvalue weighted by Crippen LogP contribution is -2.36. The molecule has 0 spiro atoms. The van der Waals surface area contributed by atoms with Gasteiger partial charge >= 0.3 is 0 Å². The van der Waals surface area contributed by atoms with E-state index in [1.54, 1.807) is 24.3 Å². The van der Waals surface area contributed by atoms with E-state index < -0.39 is 5.91 Å². The monoisotopic (exact) mass is 366 g/mol. The number of nitrogens with zero attached hydrogens (tertiary/aromatic N) is 1. The molecule has 0 unspecified atom stereocenters. The first kappa shape index (κ1) is 17.3. The van der Waals surface area contributed by atoms with E-state index >= 15 is 0 Å². The Morgan fingerprint density at radius 1 is 0.958 bits per heavy atom. The van der Waals surface area contributed by atoms with Gasteiger partial charge in [0, 0.05) is 11.1 Å². The Morgan fingerprint density at radius 3 is 2.21 bits per heavy atom. The molecule has 1 aliphatic heterocycles. The molecule has 1 aliphatic carbocycles. The fourth-order valence-electron chi connectivity index (χ4n) is 3.22. The van der Waals surface area contributed by atoms with Crippen molar-refractivity contribution in [1.29, 1.82) is 0 Å². The van der Waals surface area contributed by atoms with E-state index in [0.717, 1.165) is 31.2 Å². The molecule has 0 saturated heterocycles. The van der Waals surface area contributed by atoms with Crippen molar-refractivity contribution in [1.82, 2.24) is 10.2 Å². The molecule has 1 heterocycles. The maximum Gasteiger partial charge on any atom is 0.278 e. The molecule has 1 fully saturated rings. The second kappa shape index (κ2) is 7.58. The highest BCUT2D eigenvalue weighted by Gasteiger charge is 2.38. The van der Waals surface area contributed by atoms with Gasteiger partial charge in [-0.05, 0) is 30.5 Å². The molecule has 2 aliphatic rings. The van der Waals surface area contributed by atoms with Crippen LogP contribution in [0.2, 0.25) is 5.02 Å². The third-order valence-corrected chi connectivity index (χ3v) is 5.17. The van der Waals surface area contributed by atoms with Crippen molar-refractivity contribution in [2.75, 3.05) is 0 Å². The van der Waals surface area contributed by atoms with Gasteiger partial charge in [-0.2, -0.15) is 0 Å². The topological polar surface area (TPSA) is 49.4 Å². The predicted octanol–water partition coefficient (Wildman–Crippen LogP) is 3.97. The molecule has 0 bridgehead atoms. The molecule has 3 rings (SSSR count). The molecule has 128 valence electrons. The first-order valence-corrected chi connectivity index (χ1v) is 9.09.